The van der Waals surface area contributed by atoms with Crippen molar-refractivity contribution >= 4 is 12.0 Å². The van der Waals surface area contributed by atoms with Gasteiger partial charge in [0.05, 0.1) is 6.61 Å². The van der Waals surface area contributed by atoms with E-state index in [0.717, 1.165) is 24.4 Å². The SMILES string of the molecule is CCOc1ccc(/C=C/C(=O)N(CC(C)C)CC(C)C)cc1. The van der Waals surface area contributed by atoms with Crippen molar-refractivity contribution in [3.8, 4) is 5.75 Å². The van der Waals surface area contributed by atoms with Gasteiger partial charge in [0.1, 0.15) is 5.75 Å². The fraction of sp³-hybridized carbons (Fsp3) is 0.526. The number of carbonyl (C=O) groups is 1. The van der Waals surface area contributed by atoms with Crippen LogP contribution >= 0.6 is 0 Å². The fourth-order valence-corrected chi connectivity index (χ4v) is 2.25. The number of ether oxygens (including phenoxy) is 1. The number of nitrogens with zero attached hydrogens (tertiary/aromatic N) is 1. The minimum Gasteiger partial charge on any atom is -0.494 e. The highest BCUT2D eigenvalue weighted by atomic mass is 16.5. The molecular formula is C19H29NO2. The van der Waals surface area contributed by atoms with Gasteiger partial charge in [0, 0.05) is 19.2 Å². The van der Waals surface area contributed by atoms with Crippen LogP contribution in [0.2, 0.25) is 0 Å². The zero-order chi connectivity index (χ0) is 16.5. The van der Waals surface area contributed by atoms with Gasteiger partial charge in [0.2, 0.25) is 5.91 Å². The minimum atomic E-state index is 0.0799. The number of hydrogen-bond donors (Lipinski definition) is 0. The van der Waals surface area contributed by atoms with Crippen molar-refractivity contribution in [1.82, 2.24) is 4.90 Å². The highest BCUT2D eigenvalue weighted by Gasteiger charge is 2.13. The van der Waals surface area contributed by atoms with Crippen LogP contribution in [0.3, 0.4) is 0 Å². The van der Waals surface area contributed by atoms with E-state index in [2.05, 4.69) is 27.7 Å². The molecule has 1 rings (SSSR count). The van der Waals surface area contributed by atoms with Crippen LogP contribution in [0.5, 0.6) is 5.75 Å². The van der Waals surface area contributed by atoms with E-state index in [0.29, 0.717) is 18.4 Å². The fourth-order valence-electron chi connectivity index (χ4n) is 2.25. The van der Waals surface area contributed by atoms with E-state index >= 15 is 0 Å². The molecule has 0 N–H and O–H groups in total. The third-order valence-corrected chi connectivity index (χ3v) is 3.09. The van der Waals surface area contributed by atoms with Crippen LogP contribution < -0.4 is 4.74 Å². The molecule has 0 unspecified atom stereocenters. The summed E-state index contributed by atoms with van der Waals surface area (Å²) < 4.78 is 5.41. The van der Waals surface area contributed by atoms with E-state index in [1.807, 2.05) is 42.2 Å². The molecular weight excluding hydrogens is 274 g/mol. The molecule has 0 atom stereocenters. The van der Waals surface area contributed by atoms with E-state index in [1.165, 1.54) is 0 Å². The first-order valence-corrected chi connectivity index (χ1v) is 8.12. The second kappa shape index (κ2) is 9.29. The molecule has 0 saturated heterocycles. The standard InChI is InChI=1S/C19H29NO2/c1-6-22-18-10-7-17(8-11-18)9-12-19(21)20(13-15(2)3)14-16(4)5/h7-12,15-16H,6,13-14H2,1-5H3/b12-9+. The molecule has 0 radical (unpaired) electrons. The van der Waals surface area contributed by atoms with E-state index < -0.39 is 0 Å². The Morgan fingerprint density at radius 3 is 2.09 bits per heavy atom. The Labute approximate surface area is 135 Å². The lowest BCUT2D eigenvalue weighted by atomic mass is 10.1. The number of rotatable bonds is 8. The maximum absolute atomic E-state index is 12.4. The van der Waals surface area contributed by atoms with Crippen molar-refractivity contribution in [2.45, 2.75) is 34.6 Å². The molecule has 0 heterocycles. The average molecular weight is 303 g/mol. The summed E-state index contributed by atoms with van der Waals surface area (Å²) in [5.41, 5.74) is 1.01. The van der Waals surface area contributed by atoms with Gasteiger partial charge >= 0.3 is 0 Å². The predicted octanol–water partition coefficient (Wildman–Crippen LogP) is 4.24. The first kappa shape index (κ1) is 18.3. The zero-order valence-electron chi connectivity index (χ0n) is 14.5. The Hall–Kier alpha value is -1.77. The van der Waals surface area contributed by atoms with Gasteiger partial charge in [-0.3, -0.25) is 4.79 Å². The van der Waals surface area contributed by atoms with Crippen molar-refractivity contribution in [2.24, 2.45) is 11.8 Å². The lowest BCUT2D eigenvalue weighted by molar-refractivity contribution is -0.127. The normalized spacial score (nSPS) is 11.4. The first-order chi connectivity index (χ1) is 10.4. The van der Waals surface area contributed by atoms with Gasteiger partial charge < -0.3 is 9.64 Å². The van der Waals surface area contributed by atoms with Gasteiger partial charge in [-0.05, 0) is 42.5 Å². The Morgan fingerprint density at radius 2 is 1.64 bits per heavy atom. The van der Waals surface area contributed by atoms with E-state index in [-0.39, 0.29) is 5.91 Å². The van der Waals surface area contributed by atoms with E-state index in [1.54, 1.807) is 6.08 Å². The summed E-state index contributed by atoms with van der Waals surface area (Å²) in [7, 11) is 0. The van der Waals surface area contributed by atoms with Crippen LogP contribution in [0, 0.1) is 11.8 Å². The Morgan fingerprint density at radius 1 is 1.09 bits per heavy atom. The van der Waals surface area contributed by atoms with Gasteiger partial charge in [0.25, 0.3) is 0 Å². The summed E-state index contributed by atoms with van der Waals surface area (Å²) in [5.74, 6) is 1.88. The molecule has 22 heavy (non-hydrogen) atoms. The smallest absolute Gasteiger partial charge is 0.246 e. The molecule has 0 saturated carbocycles. The quantitative estimate of drug-likeness (QED) is 0.672. The summed E-state index contributed by atoms with van der Waals surface area (Å²) in [6, 6.07) is 7.77. The van der Waals surface area contributed by atoms with Gasteiger partial charge in [-0.15, -0.1) is 0 Å². The van der Waals surface area contributed by atoms with Crippen molar-refractivity contribution in [3.05, 3.63) is 35.9 Å². The van der Waals surface area contributed by atoms with Gasteiger partial charge in [-0.2, -0.15) is 0 Å². The van der Waals surface area contributed by atoms with Crippen LogP contribution in [0.15, 0.2) is 30.3 Å². The zero-order valence-corrected chi connectivity index (χ0v) is 14.5. The summed E-state index contributed by atoms with van der Waals surface area (Å²) >= 11 is 0. The second-order valence-corrected chi connectivity index (χ2v) is 6.37. The molecule has 0 fully saturated rings. The highest BCUT2D eigenvalue weighted by Crippen LogP contribution is 2.13. The molecule has 0 aliphatic rings. The molecule has 1 amide bonds. The molecule has 122 valence electrons. The summed E-state index contributed by atoms with van der Waals surface area (Å²) in [6.07, 6.45) is 3.53. The Kier molecular flexibility index (Phi) is 7.72. The number of amides is 1. The number of benzene rings is 1. The maximum Gasteiger partial charge on any atom is 0.246 e. The van der Waals surface area contributed by atoms with Gasteiger partial charge in [0.15, 0.2) is 0 Å². The van der Waals surface area contributed by atoms with Crippen LogP contribution in [0.1, 0.15) is 40.2 Å². The minimum absolute atomic E-state index is 0.0799. The molecule has 0 aliphatic heterocycles. The number of carbonyl (C=O) groups excluding carboxylic acids is 1. The third-order valence-electron chi connectivity index (χ3n) is 3.09. The van der Waals surface area contributed by atoms with Gasteiger partial charge in [-0.25, -0.2) is 0 Å². The molecule has 3 heteroatoms. The van der Waals surface area contributed by atoms with E-state index in [9.17, 15) is 4.79 Å². The molecule has 0 aliphatic carbocycles. The first-order valence-electron chi connectivity index (χ1n) is 8.12. The average Bonchev–Trinajstić information content (AvgIpc) is 2.45. The molecule has 3 nitrogen and oxygen atoms in total. The van der Waals surface area contributed by atoms with Crippen LogP contribution in [0.25, 0.3) is 6.08 Å². The summed E-state index contributed by atoms with van der Waals surface area (Å²) in [4.78, 5) is 14.3. The van der Waals surface area contributed by atoms with Crippen molar-refractivity contribution in [2.75, 3.05) is 19.7 Å². The number of hydrogen-bond acceptors (Lipinski definition) is 2. The van der Waals surface area contributed by atoms with E-state index in [4.69, 9.17) is 4.74 Å². The Bertz CT molecular complexity index is 465. The molecule has 0 spiro atoms. The van der Waals surface area contributed by atoms with Crippen LogP contribution in [-0.2, 0) is 4.79 Å². The van der Waals surface area contributed by atoms with Crippen molar-refractivity contribution in [3.63, 3.8) is 0 Å². The summed E-state index contributed by atoms with van der Waals surface area (Å²) in [6.45, 7) is 12.8. The molecule has 1 aromatic carbocycles. The van der Waals surface area contributed by atoms with Gasteiger partial charge in [-0.1, -0.05) is 39.8 Å². The molecule has 0 aromatic heterocycles. The van der Waals surface area contributed by atoms with Crippen LogP contribution in [-0.4, -0.2) is 30.5 Å². The van der Waals surface area contributed by atoms with Crippen LogP contribution in [0.4, 0.5) is 0 Å². The monoisotopic (exact) mass is 303 g/mol. The van der Waals surface area contributed by atoms with Crippen molar-refractivity contribution < 1.29 is 9.53 Å². The second-order valence-electron chi connectivity index (χ2n) is 6.37. The molecule has 1 aromatic rings. The molecule has 0 bridgehead atoms. The predicted molar refractivity (Wildman–Crippen MR) is 92.9 cm³/mol. The largest absolute Gasteiger partial charge is 0.494 e. The lowest BCUT2D eigenvalue weighted by Gasteiger charge is -2.25. The maximum atomic E-state index is 12.4. The van der Waals surface area contributed by atoms with Crippen molar-refractivity contribution in [1.29, 1.82) is 0 Å². The highest BCUT2D eigenvalue weighted by molar-refractivity contribution is 5.91. The Balaban J connectivity index is 2.70. The lowest BCUT2D eigenvalue weighted by Crippen LogP contribution is -2.35. The third kappa shape index (κ3) is 6.79. The summed E-state index contributed by atoms with van der Waals surface area (Å²) in [5, 5.41) is 0. The topological polar surface area (TPSA) is 29.5 Å².